The number of aryl methyl sites for hydroxylation is 1. The van der Waals surface area contributed by atoms with Gasteiger partial charge in [0.1, 0.15) is 6.10 Å². The fourth-order valence-electron chi connectivity index (χ4n) is 3.61. The van der Waals surface area contributed by atoms with Crippen LogP contribution in [0.5, 0.6) is 0 Å². The first-order valence-electron chi connectivity index (χ1n) is 9.28. The third-order valence-corrected chi connectivity index (χ3v) is 6.53. The minimum Gasteiger partial charge on any atom is -0.368 e. The molecule has 0 radical (unpaired) electrons. The van der Waals surface area contributed by atoms with Gasteiger partial charge in [0.25, 0.3) is 5.91 Å². The molecule has 6 heteroatoms. The first kappa shape index (κ1) is 18.4. The van der Waals surface area contributed by atoms with Crippen molar-refractivity contribution in [2.75, 3.05) is 26.2 Å². The number of carbonyl (C=O) groups excluding carboxylic acids is 2. The number of rotatable bonds is 5. The van der Waals surface area contributed by atoms with E-state index in [1.807, 2.05) is 4.90 Å². The molecule has 0 aromatic carbocycles. The highest BCUT2D eigenvalue weighted by Gasteiger charge is 2.32. The van der Waals surface area contributed by atoms with Crippen LogP contribution in [0.2, 0.25) is 0 Å². The standard InChI is InChI=1S/C19H28N2O3S/c1-13-14(2)25-12-16(13)5-8-20-18(22)15-6-9-21(10-7-15)19(23)17-4-3-11-24-17/h12,15,17H,3-11H2,1-2H3,(H,20,22). The van der Waals surface area contributed by atoms with Gasteiger partial charge in [-0.1, -0.05) is 0 Å². The molecule has 3 heterocycles. The molecule has 0 bridgehead atoms. The van der Waals surface area contributed by atoms with Crippen molar-refractivity contribution in [1.29, 1.82) is 0 Å². The Hall–Kier alpha value is -1.40. The fourth-order valence-corrected chi connectivity index (χ4v) is 4.53. The lowest BCUT2D eigenvalue weighted by Crippen LogP contribution is -2.46. The monoisotopic (exact) mass is 364 g/mol. The van der Waals surface area contributed by atoms with Gasteiger partial charge in [-0.3, -0.25) is 9.59 Å². The van der Waals surface area contributed by atoms with E-state index in [0.29, 0.717) is 26.2 Å². The van der Waals surface area contributed by atoms with Crippen molar-refractivity contribution in [3.8, 4) is 0 Å². The van der Waals surface area contributed by atoms with E-state index in [4.69, 9.17) is 4.74 Å². The Balaban J connectivity index is 1.39. The minimum absolute atomic E-state index is 0.0267. The molecule has 0 saturated carbocycles. The van der Waals surface area contributed by atoms with Gasteiger partial charge in [-0.2, -0.15) is 0 Å². The molecule has 2 saturated heterocycles. The highest BCUT2D eigenvalue weighted by Crippen LogP contribution is 2.22. The van der Waals surface area contributed by atoms with Crippen molar-refractivity contribution in [1.82, 2.24) is 10.2 Å². The van der Waals surface area contributed by atoms with Crippen molar-refractivity contribution in [3.63, 3.8) is 0 Å². The van der Waals surface area contributed by atoms with Crippen LogP contribution in [0, 0.1) is 19.8 Å². The van der Waals surface area contributed by atoms with Crippen molar-refractivity contribution in [2.24, 2.45) is 5.92 Å². The van der Waals surface area contributed by atoms with Gasteiger partial charge in [0.05, 0.1) is 0 Å². The third kappa shape index (κ3) is 4.42. The molecule has 0 aliphatic carbocycles. The second kappa shape index (κ2) is 8.32. The van der Waals surface area contributed by atoms with Gasteiger partial charge in [-0.05, 0) is 62.5 Å². The normalized spacial score (nSPS) is 21.5. The van der Waals surface area contributed by atoms with E-state index in [-0.39, 0.29) is 23.8 Å². The minimum atomic E-state index is -0.248. The van der Waals surface area contributed by atoms with Crippen LogP contribution in [-0.4, -0.2) is 49.1 Å². The quantitative estimate of drug-likeness (QED) is 0.873. The second-order valence-electron chi connectivity index (χ2n) is 7.08. The number of nitrogens with one attached hydrogen (secondary N) is 1. The van der Waals surface area contributed by atoms with Crippen LogP contribution < -0.4 is 5.32 Å². The highest BCUT2D eigenvalue weighted by atomic mass is 32.1. The first-order valence-corrected chi connectivity index (χ1v) is 10.2. The number of hydrogen-bond donors (Lipinski definition) is 1. The Morgan fingerprint density at radius 1 is 1.28 bits per heavy atom. The molecule has 25 heavy (non-hydrogen) atoms. The lowest BCUT2D eigenvalue weighted by atomic mass is 9.95. The molecule has 1 unspecified atom stereocenters. The molecule has 1 aromatic rings. The molecule has 5 nitrogen and oxygen atoms in total. The fraction of sp³-hybridized carbons (Fsp3) is 0.684. The second-order valence-corrected chi connectivity index (χ2v) is 8.17. The Bertz CT molecular complexity index is 614. The van der Waals surface area contributed by atoms with Gasteiger partial charge in [-0.15, -0.1) is 11.3 Å². The average molecular weight is 365 g/mol. The molecule has 2 aliphatic rings. The maximum absolute atomic E-state index is 12.4. The summed E-state index contributed by atoms with van der Waals surface area (Å²) in [6.45, 7) is 6.99. The topological polar surface area (TPSA) is 58.6 Å². The Labute approximate surface area is 153 Å². The van der Waals surface area contributed by atoms with E-state index in [9.17, 15) is 9.59 Å². The maximum atomic E-state index is 12.4. The van der Waals surface area contributed by atoms with Gasteiger partial charge < -0.3 is 15.0 Å². The number of hydrogen-bond acceptors (Lipinski definition) is 4. The van der Waals surface area contributed by atoms with Crippen LogP contribution in [0.15, 0.2) is 5.38 Å². The van der Waals surface area contributed by atoms with Gasteiger partial charge in [0, 0.05) is 37.0 Å². The van der Waals surface area contributed by atoms with E-state index >= 15 is 0 Å². The molecule has 1 N–H and O–H groups in total. The summed E-state index contributed by atoms with van der Waals surface area (Å²) in [6.07, 6.45) is 3.95. The zero-order valence-corrected chi connectivity index (χ0v) is 16.0. The van der Waals surface area contributed by atoms with E-state index in [2.05, 4.69) is 24.5 Å². The summed E-state index contributed by atoms with van der Waals surface area (Å²) in [6, 6.07) is 0. The van der Waals surface area contributed by atoms with Gasteiger partial charge in [-0.25, -0.2) is 0 Å². The Kier molecular flexibility index (Phi) is 6.12. The molecule has 2 aliphatic heterocycles. The summed E-state index contributed by atoms with van der Waals surface area (Å²) < 4.78 is 5.48. The summed E-state index contributed by atoms with van der Waals surface area (Å²) in [4.78, 5) is 27.9. The molecule has 2 fully saturated rings. The number of piperidine rings is 1. The Morgan fingerprint density at radius 3 is 2.64 bits per heavy atom. The zero-order chi connectivity index (χ0) is 17.8. The summed E-state index contributed by atoms with van der Waals surface area (Å²) in [5, 5.41) is 5.26. The summed E-state index contributed by atoms with van der Waals surface area (Å²) >= 11 is 1.77. The lowest BCUT2D eigenvalue weighted by molar-refractivity contribution is -0.143. The molecule has 1 aromatic heterocycles. The number of thiophene rings is 1. The molecular weight excluding hydrogens is 336 g/mol. The molecule has 3 rings (SSSR count). The third-order valence-electron chi connectivity index (χ3n) is 5.46. The predicted octanol–water partition coefficient (Wildman–Crippen LogP) is 2.44. The van der Waals surface area contributed by atoms with Gasteiger partial charge in [0.15, 0.2) is 0 Å². The lowest BCUT2D eigenvalue weighted by Gasteiger charge is -2.32. The summed E-state index contributed by atoms with van der Waals surface area (Å²) in [5.74, 6) is 0.271. The van der Waals surface area contributed by atoms with E-state index in [1.165, 1.54) is 16.0 Å². The number of amides is 2. The molecule has 1 atom stereocenters. The Morgan fingerprint density at radius 2 is 2.04 bits per heavy atom. The van der Waals surface area contributed by atoms with Crippen molar-refractivity contribution in [3.05, 3.63) is 21.4 Å². The number of carbonyl (C=O) groups is 2. The van der Waals surface area contributed by atoms with Crippen LogP contribution in [0.4, 0.5) is 0 Å². The van der Waals surface area contributed by atoms with Crippen LogP contribution in [0.1, 0.15) is 41.7 Å². The number of ether oxygens (including phenoxy) is 1. The van der Waals surface area contributed by atoms with Crippen LogP contribution in [-0.2, 0) is 20.7 Å². The van der Waals surface area contributed by atoms with Crippen molar-refractivity contribution < 1.29 is 14.3 Å². The van der Waals surface area contributed by atoms with E-state index in [1.54, 1.807) is 11.3 Å². The summed E-state index contributed by atoms with van der Waals surface area (Å²) in [5.41, 5.74) is 2.68. The van der Waals surface area contributed by atoms with E-state index < -0.39 is 0 Å². The van der Waals surface area contributed by atoms with Crippen LogP contribution in [0.3, 0.4) is 0 Å². The summed E-state index contributed by atoms with van der Waals surface area (Å²) in [7, 11) is 0. The largest absolute Gasteiger partial charge is 0.368 e. The number of nitrogens with zero attached hydrogens (tertiary/aromatic N) is 1. The average Bonchev–Trinajstić information content (AvgIpc) is 3.27. The SMILES string of the molecule is Cc1scc(CCNC(=O)C2CCN(C(=O)C3CCCO3)CC2)c1C. The van der Waals surface area contributed by atoms with Crippen molar-refractivity contribution in [2.45, 2.75) is 52.1 Å². The number of likely N-dealkylation sites (tertiary alicyclic amines) is 1. The highest BCUT2D eigenvalue weighted by molar-refractivity contribution is 7.10. The molecular formula is C19H28N2O3S. The van der Waals surface area contributed by atoms with Crippen LogP contribution in [0.25, 0.3) is 0 Å². The zero-order valence-electron chi connectivity index (χ0n) is 15.2. The van der Waals surface area contributed by atoms with Crippen LogP contribution >= 0.6 is 11.3 Å². The maximum Gasteiger partial charge on any atom is 0.251 e. The van der Waals surface area contributed by atoms with Crippen molar-refractivity contribution >= 4 is 23.2 Å². The molecule has 2 amide bonds. The van der Waals surface area contributed by atoms with E-state index in [0.717, 1.165) is 32.1 Å². The smallest absolute Gasteiger partial charge is 0.251 e. The predicted molar refractivity (Wildman–Crippen MR) is 98.8 cm³/mol. The molecule has 138 valence electrons. The molecule has 0 spiro atoms. The van der Waals surface area contributed by atoms with Gasteiger partial charge in [0.2, 0.25) is 5.91 Å². The van der Waals surface area contributed by atoms with Gasteiger partial charge >= 0.3 is 0 Å². The first-order chi connectivity index (χ1) is 12.1.